The molecule has 0 amide bonds. The van der Waals surface area contributed by atoms with Crippen LogP contribution in [0.1, 0.15) is 85.5 Å². The molecule has 5 heteroatoms. The fraction of sp³-hybridized carbons (Fsp3) is 1.00. The van der Waals surface area contributed by atoms with Crippen LogP contribution in [0, 0.1) is 0 Å². The highest BCUT2D eigenvalue weighted by Crippen LogP contribution is 2.10. The van der Waals surface area contributed by atoms with Crippen molar-refractivity contribution in [1.29, 1.82) is 0 Å². The van der Waals surface area contributed by atoms with Crippen molar-refractivity contribution in [3.8, 4) is 0 Å². The molecule has 1 N–H and O–H groups in total. The quantitative estimate of drug-likeness (QED) is 0.311. The van der Waals surface area contributed by atoms with E-state index in [-0.39, 0.29) is 0 Å². The Labute approximate surface area is 139 Å². The SMILES string of the molecule is CCCCCCCCCCCN[Si](OCC)(OCC)OCC. The summed E-state index contributed by atoms with van der Waals surface area (Å²) >= 11 is 0. The van der Waals surface area contributed by atoms with Crippen LogP contribution in [-0.2, 0) is 13.3 Å². The van der Waals surface area contributed by atoms with Crippen molar-refractivity contribution >= 4 is 8.97 Å². The minimum atomic E-state index is -2.64. The Morgan fingerprint density at radius 3 is 1.41 bits per heavy atom. The van der Waals surface area contributed by atoms with Crippen molar-refractivity contribution in [3.63, 3.8) is 0 Å². The highest BCUT2D eigenvalue weighted by molar-refractivity contribution is 6.57. The summed E-state index contributed by atoms with van der Waals surface area (Å²) in [5, 5.41) is 0. The Morgan fingerprint density at radius 1 is 0.591 bits per heavy atom. The van der Waals surface area contributed by atoms with Gasteiger partial charge in [-0.2, -0.15) is 0 Å². The zero-order valence-corrected chi connectivity index (χ0v) is 16.4. The monoisotopic (exact) mass is 333 g/mol. The topological polar surface area (TPSA) is 39.7 Å². The van der Waals surface area contributed by atoms with Gasteiger partial charge in [-0.15, -0.1) is 0 Å². The predicted octanol–water partition coefficient (Wildman–Crippen LogP) is 4.65. The lowest BCUT2D eigenvalue weighted by molar-refractivity contribution is 0.0598. The van der Waals surface area contributed by atoms with E-state index in [0.29, 0.717) is 19.8 Å². The van der Waals surface area contributed by atoms with Crippen LogP contribution in [0.2, 0.25) is 0 Å². The molecule has 0 fully saturated rings. The van der Waals surface area contributed by atoms with Gasteiger partial charge in [0.05, 0.1) is 0 Å². The molecule has 0 aromatic carbocycles. The Bertz CT molecular complexity index is 213. The molecule has 0 aromatic rings. The number of hydrogen-bond donors (Lipinski definition) is 1. The third-order valence-corrected chi connectivity index (χ3v) is 6.31. The van der Waals surface area contributed by atoms with Gasteiger partial charge < -0.3 is 13.3 Å². The highest BCUT2D eigenvalue weighted by Gasteiger charge is 2.40. The second kappa shape index (κ2) is 15.9. The summed E-state index contributed by atoms with van der Waals surface area (Å²) in [5.41, 5.74) is 0. The minimum Gasteiger partial charge on any atom is -0.361 e. The second-order valence-electron chi connectivity index (χ2n) is 5.61. The lowest BCUT2D eigenvalue weighted by Gasteiger charge is -2.28. The molecular weight excluding hydrogens is 294 g/mol. The van der Waals surface area contributed by atoms with Gasteiger partial charge in [0, 0.05) is 19.8 Å². The molecule has 134 valence electrons. The van der Waals surface area contributed by atoms with Crippen molar-refractivity contribution in [1.82, 2.24) is 4.98 Å². The maximum atomic E-state index is 5.78. The first kappa shape index (κ1) is 22.1. The number of hydrogen-bond acceptors (Lipinski definition) is 4. The molecule has 0 aromatic heterocycles. The third kappa shape index (κ3) is 11.6. The zero-order chi connectivity index (χ0) is 16.5. The molecule has 0 spiro atoms. The molecular formula is C17H39NO3Si. The van der Waals surface area contributed by atoms with Crippen molar-refractivity contribution < 1.29 is 13.3 Å². The van der Waals surface area contributed by atoms with Gasteiger partial charge in [0.25, 0.3) is 0 Å². The lowest BCUT2D eigenvalue weighted by Crippen LogP contribution is -2.59. The number of rotatable bonds is 17. The van der Waals surface area contributed by atoms with E-state index < -0.39 is 8.97 Å². The molecule has 0 bridgehead atoms. The van der Waals surface area contributed by atoms with E-state index in [1.807, 2.05) is 20.8 Å². The molecule has 0 radical (unpaired) electrons. The van der Waals surface area contributed by atoms with Crippen LogP contribution in [0.15, 0.2) is 0 Å². The normalized spacial score (nSPS) is 12.0. The van der Waals surface area contributed by atoms with Crippen molar-refractivity contribution in [2.75, 3.05) is 26.4 Å². The van der Waals surface area contributed by atoms with Crippen LogP contribution >= 0.6 is 0 Å². The predicted molar refractivity (Wildman–Crippen MR) is 95.9 cm³/mol. The van der Waals surface area contributed by atoms with E-state index >= 15 is 0 Å². The Balaban J connectivity index is 3.70. The summed E-state index contributed by atoms with van der Waals surface area (Å²) in [5.74, 6) is 0. The summed E-state index contributed by atoms with van der Waals surface area (Å²) < 4.78 is 17.3. The average molecular weight is 334 g/mol. The molecule has 22 heavy (non-hydrogen) atoms. The van der Waals surface area contributed by atoms with Crippen LogP contribution < -0.4 is 4.98 Å². The minimum absolute atomic E-state index is 0.622. The van der Waals surface area contributed by atoms with Crippen molar-refractivity contribution in [2.24, 2.45) is 0 Å². The van der Waals surface area contributed by atoms with Gasteiger partial charge in [-0.05, 0) is 33.7 Å². The van der Waals surface area contributed by atoms with Crippen LogP contribution in [0.3, 0.4) is 0 Å². The highest BCUT2D eigenvalue weighted by atomic mass is 28.4. The largest absolute Gasteiger partial charge is 0.596 e. The molecule has 0 aliphatic rings. The summed E-state index contributed by atoms with van der Waals surface area (Å²) in [4.78, 5) is 3.43. The third-order valence-electron chi connectivity index (χ3n) is 3.62. The first-order chi connectivity index (χ1) is 10.7. The Kier molecular flexibility index (Phi) is 16.0. The van der Waals surface area contributed by atoms with E-state index in [1.54, 1.807) is 0 Å². The second-order valence-corrected chi connectivity index (χ2v) is 7.94. The van der Waals surface area contributed by atoms with Gasteiger partial charge in [-0.3, -0.25) is 4.98 Å². The molecule has 0 rings (SSSR count). The van der Waals surface area contributed by atoms with Gasteiger partial charge in [0.15, 0.2) is 0 Å². The summed E-state index contributed by atoms with van der Waals surface area (Å²) in [6.45, 7) is 11.0. The van der Waals surface area contributed by atoms with Gasteiger partial charge in [-0.25, -0.2) is 0 Å². The molecule has 0 heterocycles. The smallest absolute Gasteiger partial charge is 0.361 e. The molecule has 0 aliphatic carbocycles. The van der Waals surface area contributed by atoms with Crippen molar-refractivity contribution in [3.05, 3.63) is 0 Å². The average Bonchev–Trinajstić information content (AvgIpc) is 2.50. The van der Waals surface area contributed by atoms with E-state index in [4.69, 9.17) is 13.3 Å². The molecule has 0 saturated carbocycles. The van der Waals surface area contributed by atoms with E-state index in [1.165, 1.54) is 51.4 Å². The van der Waals surface area contributed by atoms with Crippen LogP contribution in [-0.4, -0.2) is 35.3 Å². The van der Waals surface area contributed by atoms with E-state index in [0.717, 1.165) is 13.0 Å². The fourth-order valence-corrected chi connectivity index (χ4v) is 4.70. The molecule has 0 atom stereocenters. The van der Waals surface area contributed by atoms with E-state index in [2.05, 4.69) is 11.9 Å². The van der Waals surface area contributed by atoms with E-state index in [9.17, 15) is 0 Å². The summed E-state index contributed by atoms with van der Waals surface area (Å²) in [7, 11) is -2.64. The molecule has 0 aliphatic heterocycles. The van der Waals surface area contributed by atoms with Gasteiger partial charge in [0.1, 0.15) is 0 Å². The first-order valence-electron chi connectivity index (χ1n) is 9.41. The maximum Gasteiger partial charge on any atom is 0.596 e. The van der Waals surface area contributed by atoms with Crippen LogP contribution in [0.4, 0.5) is 0 Å². The molecule has 0 unspecified atom stereocenters. The standard InChI is InChI=1S/C17H39NO3Si/c1-5-9-10-11-12-13-14-15-16-17-18-22(19-6-2,20-7-3)21-8-4/h18H,5-17H2,1-4H3. The van der Waals surface area contributed by atoms with Crippen LogP contribution in [0.5, 0.6) is 0 Å². The van der Waals surface area contributed by atoms with Gasteiger partial charge >= 0.3 is 8.97 Å². The van der Waals surface area contributed by atoms with Gasteiger partial charge in [0.2, 0.25) is 0 Å². The Morgan fingerprint density at radius 2 is 1.00 bits per heavy atom. The molecule has 4 nitrogen and oxygen atoms in total. The fourth-order valence-electron chi connectivity index (χ4n) is 2.53. The summed E-state index contributed by atoms with van der Waals surface area (Å²) in [6.07, 6.45) is 12.1. The molecule has 0 saturated heterocycles. The zero-order valence-electron chi connectivity index (χ0n) is 15.4. The van der Waals surface area contributed by atoms with Crippen molar-refractivity contribution in [2.45, 2.75) is 85.5 Å². The van der Waals surface area contributed by atoms with Gasteiger partial charge in [-0.1, -0.05) is 58.3 Å². The maximum absolute atomic E-state index is 5.78. The lowest BCUT2D eigenvalue weighted by atomic mass is 10.1. The van der Waals surface area contributed by atoms with Crippen LogP contribution in [0.25, 0.3) is 0 Å². The first-order valence-corrected chi connectivity index (χ1v) is 11.1. The number of nitrogens with one attached hydrogen (secondary N) is 1. The number of unbranched alkanes of at least 4 members (excludes halogenated alkanes) is 8. The summed E-state index contributed by atoms with van der Waals surface area (Å²) in [6, 6.07) is 0. The Hall–Kier alpha value is 0.0569.